The average molecular weight is 442 g/mol. The van der Waals surface area contributed by atoms with E-state index in [-0.39, 0.29) is 29.8 Å². The number of imidazole rings is 1. The largest absolute Gasteiger partial charge is 0.416 e. The van der Waals surface area contributed by atoms with E-state index in [4.69, 9.17) is 0 Å². The molecule has 3 aromatic rings. The summed E-state index contributed by atoms with van der Waals surface area (Å²) >= 11 is 0. The molecule has 1 aromatic heterocycles. The molecule has 0 fully saturated rings. The van der Waals surface area contributed by atoms with Gasteiger partial charge in [0.2, 0.25) is 5.91 Å². The van der Waals surface area contributed by atoms with Gasteiger partial charge in [0.25, 0.3) is 11.8 Å². The van der Waals surface area contributed by atoms with E-state index in [2.05, 4.69) is 10.3 Å². The molecule has 1 N–H and O–H groups in total. The summed E-state index contributed by atoms with van der Waals surface area (Å²) < 4.78 is 41.2. The molecule has 0 saturated carbocycles. The van der Waals surface area contributed by atoms with E-state index in [1.807, 2.05) is 0 Å². The van der Waals surface area contributed by atoms with Crippen LogP contribution in [0.3, 0.4) is 0 Å². The van der Waals surface area contributed by atoms with Crippen LogP contribution in [0.1, 0.15) is 38.5 Å². The summed E-state index contributed by atoms with van der Waals surface area (Å²) in [6, 6.07) is 9.33. The van der Waals surface area contributed by atoms with Crippen molar-refractivity contribution in [1.82, 2.24) is 14.5 Å². The number of rotatable bonds is 5. The number of alkyl halides is 3. The molecule has 4 rings (SSSR count). The van der Waals surface area contributed by atoms with E-state index >= 15 is 0 Å². The highest BCUT2D eigenvalue weighted by Gasteiger charge is 2.35. The highest BCUT2D eigenvalue weighted by Crippen LogP contribution is 2.34. The molecule has 0 aliphatic carbocycles. The fourth-order valence-electron chi connectivity index (χ4n) is 3.52. The number of halogens is 3. The van der Waals surface area contributed by atoms with Gasteiger partial charge in [-0.05, 0) is 37.3 Å². The lowest BCUT2D eigenvalue weighted by atomic mass is 10.1. The summed E-state index contributed by atoms with van der Waals surface area (Å²) in [5.41, 5.74) is -0.160. The zero-order valence-corrected chi connectivity index (χ0v) is 16.8. The lowest BCUT2D eigenvalue weighted by Crippen LogP contribution is -2.33. The van der Waals surface area contributed by atoms with Gasteiger partial charge in [0, 0.05) is 25.4 Å². The quantitative estimate of drug-likeness (QED) is 0.609. The molecule has 0 unspecified atom stereocenters. The van der Waals surface area contributed by atoms with E-state index in [0.717, 1.165) is 17.0 Å². The Hall–Kier alpha value is -3.95. The molecular weight excluding hydrogens is 425 g/mol. The minimum atomic E-state index is -4.60. The van der Waals surface area contributed by atoms with Gasteiger partial charge in [-0.3, -0.25) is 19.3 Å². The fraction of sp³-hybridized carbons (Fsp3) is 0.182. The number of anilines is 1. The topological polar surface area (TPSA) is 84.3 Å². The molecule has 164 valence electrons. The monoisotopic (exact) mass is 442 g/mol. The number of nitrogens with zero attached hydrogens (tertiary/aromatic N) is 3. The van der Waals surface area contributed by atoms with Crippen molar-refractivity contribution in [2.45, 2.75) is 19.5 Å². The van der Waals surface area contributed by atoms with Crippen LogP contribution < -0.4 is 5.32 Å². The number of nitrogens with one attached hydrogen (secondary N) is 1. The van der Waals surface area contributed by atoms with Gasteiger partial charge >= 0.3 is 6.18 Å². The number of aryl methyl sites for hydroxylation is 1. The van der Waals surface area contributed by atoms with Crippen molar-refractivity contribution in [3.63, 3.8) is 0 Å². The second-order valence-electron chi connectivity index (χ2n) is 7.18. The summed E-state index contributed by atoms with van der Waals surface area (Å²) in [5, 5.41) is 2.48. The predicted octanol–water partition coefficient (Wildman–Crippen LogP) is 3.82. The number of amides is 3. The van der Waals surface area contributed by atoms with Gasteiger partial charge in [0.1, 0.15) is 5.82 Å². The zero-order valence-electron chi connectivity index (χ0n) is 16.8. The molecule has 2 aromatic carbocycles. The van der Waals surface area contributed by atoms with Crippen molar-refractivity contribution < 1.29 is 27.6 Å². The van der Waals surface area contributed by atoms with Crippen molar-refractivity contribution in [3.8, 4) is 5.69 Å². The third kappa shape index (κ3) is 3.86. The fourth-order valence-corrected chi connectivity index (χ4v) is 3.52. The third-order valence-corrected chi connectivity index (χ3v) is 5.12. The van der Waals surface area contributed by atoms with Gasteiger partial charge in [-0.1, -0.05) is 12.1 Å². The molecule has 7 nitrogen and oxygen atoms in total. The molecule has 1 aliphatic heterocycles. The number of fused-ring (bicyclic) bond motifs is 1. The lowest BCUT2D eigenvalue weighted by molar-refractivity contribution is -0.137. The highest BCUT2D eigenvalue weighted by atomic mass is 19.4. The first kappa shape index (κ1) is 21.3. The van der Waals surface area contributed by atoms with Gasteiger partial charge < -0.3 is 9.88 Å². The maximum absolute atomic E-state index is 13.2. The number of carbonyl (C=O) groups is 3. The molecular formula is C22H17F3N4O3. The van der Waals surface area contributed by atoms with E-state index in [9.17, 15) is 27.6 Å². The van der Waals surface area contributed by atoms with Crippen LogP contribution in [-0.4, -0.2) is 38.7 Å². The summed E-state index contributed by atoms with van der Waals surface area (Å²) in [4.78, 5) is 42.4. The molecule has 1 aliphatic rings. The smallest absolute Gasteiger partial charge is 0.324 e. The molecule has 0 spiro atoms. The highest BCUT2D eigenvalue weighted by molar-refractivity contribution is 6.21. The molecule has 3 amide bonds. The van der Waals surface area contributed by atoms with E-state index in [0.29, 0.717) is 11.5 Å². The van der Waals surface area contributed by atoms with Crippen LogP contribution in [0.2, 0.25) is 0 Å². The first-order valence-corrected chi connectivity index (χ1v) is 9.63. The van der Waals surface area contributed by atoms with Gasteiger partial charge in [0.15, 0.2) is 0 Å². The van der Waals surface area contributed by atoms with Crippen LogP contribution in [0, 0.1) is 6.92 Å². The molecule has 2 heterocycles. The van der Waals surface area contributed by atoms with E-state index in [1.165, 1.54) is 24.4 Å². The van der Waals surface area contributed by atoms with Crippen LogP contribution >= 0.6 is 0 Å². The predicted molar refractivity (Wildman–Crippen MR) is 108 cm³/mol. The van der Waals surface area contributed by atoms with Crippen molar-refractivity contribution in [3.05, 3.63) is 77.4 Å². The zero-order chi connectivity index (χ0) is 23.0. The van der Waals surface area contributed by atoms with Crippen molar-refractivity contribution in [2.24, 2.45) is 0 Å². The standard InChI is InChI=1S/C22H17F3N4O3/c1-13-26-9-11-28(13)18-7-6-14(22(23,24)25)12-17(18)27-19(30)8-10-29-20(31)15-4-2-3-5-16(15)21(29)32/h2-7,9,11-12H,8,10H2,1H3,(H,27,30). The molecule has 0 bridgehead atoms. The molecule has 0 radical (unpaired) electrons. The minimum Gasteiger partial charge on any atom is -0.324 e. The van der Waals surface area contributed by atoms with Gasteiger partial charge in [-0.15, -0.1) is 0 Å². The Kier molecular flexibility index (Phi) is 5.29. The summed E-state index contributed by atoms with van der Waals surface area (Å²) in [6.45, 7) is 1.47. The number of aromatic nitrogens is 2. The molecule has 10 heteroatoms. The van der Waals surface area contributed by atoms with Crippen LogP contribution in [0.15, 0.2) is 54.9 Å². The van der Waals surface area contributed by atoms with Crippen LogP contribution in [0.5, 0.6) is 0 Å². The normalized spacial score (nSPS) is 13.4. The number of hydrogen-bond donors (Lipinski definition) is 1. The van der Waals surface area contributed by atoms with Crippen LogP contribution in [-0.2, 0) is 11.0 Å². The molecule has 0 saturated heterocycles. The SMILES string of the molecule is Cc1nccn1-c1ccc(C(F)(F)F)cc1NC(=O)CCN1C(=O)c2ccccc2C1=O. The number of imide groups is 1. The average Bonchev–Trinajstić information content (AvgIpc) is 3.27. The number of benzene rings is 2. The number of hydrogen-bond acceptors (Lipinski definition) is 4. The maximum Gasteiger partial charge on any atom is 0.416 e. The minimum absolute atomic E-state index is 0.0618. The van der Waals surface area contributed by atoms with Crippen molar-refractivity contribution >= 4 is 23.4 Å². The van der Waals surface area contributed by atoms with Crippen molar-refractivity contribution in [2.75, 3.05) is 11.9 Å². The summed E-state index contributed by atoms with van der Waals surface area (Å²) in [5.74, 6) is -1.13. The Balaban J connectivity index is 1.53. The lowest BCUT2D eigenvalue weighted by Gasteiger charge is -2.17. The van der Waals surface area contributed by atoms with Gasteiger partial charge in [0.05, 0.1) is 28.1 Å². The second kappa shape index (κ2) is 7.95. The van der Waals surface area contributed by atoms with E-state index < -0.39 is 29.5 Å². The van der Waals surface area contributed by atoms with Gasteiger partial charge in [-0.2, -0.15) is 13.2 Å². The van der Waals surface area contributed by atoms with Gasteiger partial charge in [-0.25, -0.2) is 4.98 Å². The Morgan fingerprint density at radius 2 is 1.72 bits per heavy atom. The molecule has 0 atom stereocenters. The Labute approximate surface area is 180 Å². The third-order valence-electron chi connectivity index (χ3n) is 5.12. The van der Waals surface area contributed by atoms with Crippen LogP contribution in [0.4, 0.5) is 18.9 Å². The summed E-state index contributed by atoms with van der Waals surface area (Å²) in [7, 11) is 0. The Morgan fingerprint density at radius 1 is 1.06 bits per heavy atom. The van der Waals surface area contributed by atoms with Crippen molar-refractivity contribution in [1.29, 1.82) is 0 Å². The Morgan fingerprint density at radius 3 is 2.28 bits per heavy atom. The Bertz CT molecular complexity index is 1200. The summed E-state index contributed by atoms with van der Waals surface area (Å²) in [6.07, 6.45) is -1.82. The first-order chi connectivity index (χ1) is 15.2. The van der Waals surface area contributed by atoms with Crippen LogP contribution in [0.25, 0.3) is 5.69 Å². The molecule has 32 heavy (non-hydrogen) atoms. The first-order valence-electron chi connectivity index (χ1n) is 9.63. The maximum atomic E-state index is 13.2. The number of carbonyl (C=O) groups excluding carboxylic acids is 3. The van der Waals surface area contributed by atoms with E-state index in [1.54, 1.807) is 29.8 Å². The second-order valence-corrected chi connectivity index (χ2v) is 7.18.